The molecule has 144 valence electrons. The Morgan fingerprint density at radius 1 is 1.15 bits per heavy atom. The highest BCUT2D eigenvalue weighted by molar-refractivity contribution is 7.88. The number of nitrogens with zero attached hydrogens (tertiary/aromatic N) is 1. The normalized spacial score (nSPS) is 16.2. The van der Waals surface area contributed by atoms with Crippen LogP contribution in [-0.4, -0.2) is 31.7 Å². The lowest BCUT2D eigenvalue weighted by molar-refractivity contribution is -0.120. The van der Waals surface area contributed by atoms with Crippen LogP contribution in [0.2, 0.25) is 5.02 Å². The number of rotatable bonds is 5. The minimum absolute atomic E-state index is 0.000942. The lowest BCUT2D eigenvalue weighted by atomic mass is 9.97. The summed E-state index contributed by atoms with van der Waals surface area (Å²) in [6.07, 6.45) is 1.03. The molecule has 0 saturated carbocycles. The average Bonchev–Trinajstić information content (AvgIpc) is 2.64. The van der Waals surface area contributed by atoms with Crippen LogP contribution >= 0.6 is 11.6 Å². The Balaban J connectivity index is 1.58. The predicted octanol–water partition coefficient (Wildman–Crippen LogP) is 3.83. The maximum Gasteiger partial charge on any atom is 0.227 e. The number of sulfonamides is 1. The second kappa shape index (κ2) is 8.42. The highest BCUT2D eigenvalue weighted by atomic mass is 35.5. The van der Waals surface area contributed by atoms with E-state index in [9.17, 15) is 13.2 Å². The number of hydrogen-bond acceptors (Lipinski definition) is 3. The zero-order chi connectivity index (χ0) is 19.4. The first-order valence-electron chi connectivity index (χ1n) is 8.94. The van der Waals surface area contributed by atoms with E-state index in [1.54, 1.807) is 24.3 Å². The maximum absolute atomic E-state index is 12.7. The molecule has 1 fully saturated rings. The Bertz CT molecular complexity index is 922. The first-order valence-corrected chi connectivity index (χ1v) is 10.9. The summed E-state index contributed by atoms with van der Waals surface area (Å²) in [5.74, 6) is -0.291. The zero-order valence-electron chi connectivity index (χ0n) is 15.2. The number of halogens is 1. The molecule has 3 rings (SSSR count). The molecule has 0 aromatic heterocycles. The van der Waals surface area contributed by atoms with Gasteiger partial charge in [0.1, 0.15) is 0 Å². The third kappa shape index (κ3) is 5.09. The fourth-order valence-electron chi connectivity index (χ4n) is 3.27. The van der Waals surface area contributed by atoms with Crippen molar-refractivity contribution < 1.29 is 13.2 Å². The number of hydrogen-bond donors (Lipinski definition) is 1. The van der Waals surface area contributed by atoms with Crippen molar-refractivity contribution in [2.75, 3.05) is 18.4 Å². The van der Waals surface area contributed by atoms with E-state index in [-0.39, 0.29) is 17.6 Å². The molecule has 5 nitrogen and oxygen atoms in total. The van der Waals surface area contributed by atoms with Crippen molar-refractivity contribution in [1.29, 1.82) is 0 Å². The van der Waals surface area contributed by atoms with Gasteiger partial charge in [-0.3, -0.25) is 4.79 Å². The van der Waals surface area contributed by atoms with Crippen LogP contribution in [0.25, 0.3) is 0 Å². The fourth-order valence-corrected chi connectivity index (χ4v) is 5.12. The molecule has 1 aliphatic heterocycles. The lowest BCUT2D eigenvalue weighted by Gasteiger charge is -2.30. The van der Waals surface area contributed by atoms with Gasteiger partial charge in [0, 0.05) is 29.7 Å². The summed E-state index contributed by atoms with van der Waals surface area (Å²) in [6, 6.07) is 14.5. The summed E-state index contributed by atoms with van der Waals surface area (Å²) < 4.78 is 26.9. The van der Waals surface area contributed by atoms with Crippen LogP contribution in [0.3, 0.4) is 0 Å². The number of carbonyl (C=O) groups is 1. The molecule has 2 aromatic rings. The fraction of sp³-hybridized carbons (Fsp3) is 0.350. The molecule has 1 aliphatic rings. The molecule has 0 bridgehead atoms. The molecule has 27 heavy (non-hydrogen) atoms. The van der Waals surface area contributed by atoms with Gasteiger partial charge in [-0.1, -0.05) is 41.9 Å². The molecule has 2 aromatic carbocycles. The average molecular weight is 407 g/mol. The van der Waals surface area contributed by atoms with E-state index in [1.807, 2.05) is 31.2 Å². The number of benzene rings is 2. The summed E-state index contributed by atoms with van der Waals surface area (Å²) >= 11 is 5.94. The monoisotopic (exact) mass is 406 g/mol. The van der Waals surface area contributed by atoms with E-state index in [1.165, 1.54) is 4.31 Å². The van der Waals surface area contributed by atoms with Crippen LogP contribution in [0.5, 0.6) is 0 Å². The number of anilines is 1. The standard InChI is InChI=1S/C20H23ClN2O3S/c1-15-5-2-3-6-17(15)14-27(25,26)23-11-9-16(10-12-23)20(24)22-19-8-4-7-18(21)13-19/h2-8,13,16H,9-12,14H2,1H3,(H,22,24). The Morgan fingerprint density at radius 2 is 1.85 bits per heavy atom. The molecule has 1 heterocycles. The predicted molar refractivity (Wildman–Crippen MR) is 108 cm³/mol. The van der Waals surface area contributed by atoms with Crippen molar-refractivity contribution in [3.05, 3.63) is 64.7 Å². The molecule has 0 unspecified atom stereocenters. The first-order chi connectivity index (χ1) is 12.8. The summed E-state index contributed by atoms with van der Waals surface area (Å²) in [5, 5.41) is 3.42. The van der Waals surface area contributed by atoms with Crippen LogP contribution in [0.4, 0.5) is 5.69 Å². The maximum atomic E-state index is 12.7. The molecule has 1 N–H and O–H groups in total. The molecule has 7 heteroatoms. The molecule has 0 radical (unpaired) electrons. The smallest absolute Gasteiger partial charge is 0.227 e. The molecule has 1 amide bonds. The van der Waals surface area contributed by atoms with Gasteiger partial charge in [-0.05, 0) is 49.1 Å². The van der Waals surface area contributed by atoms with Crippen molar-refractivity contribution in [2.24, 2.45) is 5.92 Å². The van der Waals surface area contributed by atoms with Gasteiger partial charge in [0.15, 0.2) is 0 Å². The Morgan fingerprint density at radius 3 is 2.52 bits per heavy atom. The van der Waals surface area contributed by atoms with Gasteiger partial charge in [-0.15, -0.1) is 0 Å². The summed E-state index contributed by atoms with van der Waals surface area (Å²) in [5.41, 5.74) is 2.44. The van der Waals surface area contributed by atoms with Crippen LogP contribution in [0, 0.1) is 12.8 Å². The second-order valence-corrected chi connectivity index (χ2v) is 9.26. The quantitative estimate of drug-likeness (QED) is 0.820. The highest BCUT2D eigenvalue weighted by Gasteiger charge is 2.31. The summed E-state index contributed by atoms with van der Waals surface area (Å²) in [4.78, 5) is 12.4. The molecular formula is C20H23ClN2O3S. The SMILES string of the molecule is Cc1ccccc1CS(=O)(=O)N1CCC(C(=O)Nc2cccc(Cl)c2)CC1. The Labute approximate surface area is 165 Å². The minimum Gasteiger partial charge on any atom is -0.326 e. The van der Waals surface area contributed by atoms with Gasteiger partial charge >= 0.3 is 0 Å². The number of amides is 1. The van der Waals surface area contributed by atoms with Crippen molar-refractivity contribution in [1.82, 2.24) is 4.31 Å². The lowest BCUT2D eigenvalue weighted by Crippen LogP contribution is -2.41. The topological polar surface area (TPSA) is 66.5 Å². The zero-order valence-corrected chi connectivity index (χ0v) is 16.8. The Hall–Kier alpha value is -1.89. The van der Waals surface area contributed by atoms with Crippen LogP contribution in [0.15, 0.2) is 48.5 Å². The molecule has 0 spiro atoms. The summed E-state index contributed by atoms with van der Waals surface area (Å²) in [7, 11) is -3.39. The van der Waals surface area contributed by atoms with Crippen molar-refractivity contribution in [2.45, 2.75) is 25.5 Å². The van der Waals surface area contributed by atoms with Gasteiger partial charge in [0.25, 0.3) is 0 Å². The van der Waals surface area contributed by atoms with E-state index in [0.29, 0.717) is 36.6 Å². The number of carbonyl (C=O) groups excluding carboxylic acids is 1. The van der Waals surface area contributed by atoms with Gasteiger partial charge < -0.3 is 5.32 Å². The third-order valence-corrected chi connectivity index (χ3v) is 6.97. The van der Waals surface area contributed by atoms with Crippen LogP contribution in [0.1, 0.15) is 24.0 Å². The van der Waals surface area contributed by atoms with Crippen LogP contribution < -0.4 is 5.32 Å². The van der Waals surface area contributed by atoms with E-state index >= 15 is 0 Å². The van der Waals surface area contributed by atoms with E-state index in [4.69, 9.17) is 11.6 Å². The minimum atomic E-state index is -3.39. The van der Waals surface area contributed by atoms with Gasteiger partial charge in [0.2, 0.25) is 15.9 Å². The number of nitrogens with one attached hydrogen (secondary N) is 1. The molecule has 0 atom stereocenters. The van der Waals surface area contributed by atoms with Crippen molar-refractivity contribution in [3.63, 3.8) is 0 Å². The molecular weight excluding hydrogens is 384 g/mol. The number of piperidine rings is 1. The largest absolute Gasteiger partial charge is 0.326 e. The highest BCUT2D eigenvalue weighted by Crippen LogP contribution is 2.24. The molecule has 1 saturated heterocycles. The second-order valence-electron chi connectivity index (χ2n) is 6.86. The Kier molecular flexibility index (Phi) is 6.19. The molecule has 0 aliphatic carbocycles. The van der Waals surface area contributed by atoms with Crippen molar-refractivity contribution >= 4 is 33.2 Å². The van der Waals surface area contributed by atoms with Gasteiger partial charge in [-0.25, -0.2) is 12.7 Å². The number of aryl methyl sites for hydroxylation is 1. The third-order valence-electron chi connectivity index (χ3n) is 4.91. The van der Waals surface area contributed by atoms with Gasteiger partial charge in [0.05, 0.1) is 5.75 Å². The van der Waals surface area contributed by atoms with E-state index < -0.39 is 10.0 Å². The first kappa shape index (κ1) is 19.9. The van der Waals surface area contributed by atoms with E-state index in [2.05, 4.69) is 5.32 Å². The van der Waals surface area contributed by atoms with Crippen LogP contribution in [-0.2, 0) is 20.6 Å². The van der Waals surface area contributed by atoms with E-state index in [0.717, 1.165) is 11.1 Å². The van der Waals surface area contributed by atoms with Crippen molar-refractivity contribution in [3.8, 4) is 0 Å². The van der Waals surface area contributed by atoms with Gasteiger partial charge in [-0.2, -0.15) is 0 Å². The summed E-state index contributed by atoms with van der Waals surface area (Å²) in [6.45, 7) is 2.64.